The predicted octanol–water partition coefficient (Wildman–Crippen LogP) is 6.49. The highest BCUT2D eigenvalue weighted by molar-refractivity contribution is 7.98. The van der Waals surface area contributed by atoms with Crippen LogP contribution in [-0.4, -0.2) is 25.7 Å². The van der Waals surface area contributed by atoms with Crippen molar-refractivity contribution in [2.24, 2.45) is 7.05 Å². The van der Waals surface area contributed by atoms with Crippen LogP contribution in [0.15, 0.2) is 46.9 Å². The maximum Gasteiger partial charge on any atom is 0.230 e. The number of anilines is 2. The Kier molecular flexibility index (Phi) is 6.88. The second kappa shape index (κ2) is 9.67. The van der Waals surface area contributed by atoms with Gasteiger partial charge < -0.3 is 4.57 Å². The Labute approximate surface area is 206 Å². The summed E-state index contributed by atoms with van der Waals surface area (Å²) in [5, 5.41) is 12.6. The smallest absolute Gasteiger partial charge is 0.230 e. The molecule has 33 heavy (non-hydrogen) atoms. The number of benzene rings is 2. The summed E-state index contributed by atoms with van der Waals surface area (Å²) in [4.78, 5) is 18.8. The van der Waals surface area contributed by atoms with Crippen molar-refractivity contribution in [1.29, 1.82) is 0 Å². The van der Waals surface area contributed by atoms with Crippen molar-refractivity contribution >= 4 is 51.4 Å². The van der Waals surface area contributed by atoms with Gasteiger partial charge in [0.2, 0.25) is 5.91 Å². The van der Waals surface area contributed by atoms with Crippen LogP contribution in [0.25, 0.3) is 11.4 Å². The first-order chi connectivity index (χ1) is 15.7. The van der Waals surface area contributed by atoms with Crippen LogP contribution in [0.1, 0.15) is 29.3 Å². The average Bonchev–Trinajstić information content (AvgIpc) is 3.36. The number of thiazole rings is 1. The molecule has 0 unspecified atom stereocenters. The highest BCUT2D eigenvalue weighted by Gasteiger charge is 2.23. The van der Waals surface area contributed by atoms with E-state index in [9.17, 15) is 4.79 Å². The predicted molar refractivity (Wildman–Crippen MR) is 137 cm³/mol. The minimum atomic E-state index is -0.131. The van der Waals surface area contributed by atoms with Gasteiger partial charge >= 0.3 is 0 Å². The zero-order valence-corrected chi connectivity index (χ0v) is 21.5. The average molecular weight is 498 g/mol. The summed E-state index contributed by atoms with van der Waals surface area (Å²) in [5.74, 6) is 1.31. The van der Waals surface area contributed by atoms with Crippen molar-refractivity contribution in [2.45, 2.75) is 38.6 Å². The summed E-state index contributed by atoms with van der Waals surface area (Å²) in [5.41, 5.74) is 5.77. The second-order valence-electron chi connectivity index (χ2n) is 7.91. The minimum Gasteiger partial charge on any atom is -0.305 e. The molecule has 2 aromatic heterocycles. The van der Waals surface area contributed by atoms with Crippen molar-refractivity contribution in [1.82, 2.24) is 19.7 Å². The third kappa shape index (κ3) is 4.98. The topological polar surface area (TPSA) is 63.9 Å². The lowest BCUT2D eigenvalue weighted by molar-refractivity contribution is -0.115. The van der Waals surface area contributed by atoms with Gasteiger partial charge in [-0.2, -0.15) is 0 Å². The molecule has 4 aromatic rings. The Balaban J connectivity index is 1.53. The van der Waals surface area contributed by atoms with Crippen molar-refractivity contribution in [3.8, 4) is 11.4 Å². The second-order valence-corrected chi connectivity index (χ2v) is 10.1. The zero-order valence-electron chi connectivity index (χ0n) is 19.1. The number of thioether (sulfide) groups is 1. The van der Waals surface area contributed by atoms with Crippen LogP contribution in [-0.2, 0) is 17.6 Å². The number of carbonyl (C=O) groups is 1. The largest absolute Gasteiger partial charge is 0.305 e. The molecule has 0 saturated heterocycles. The molecule has 170 valence electrons. The van der Waals surface area contributed by atoms with Gasteiger partial charge in [-0.05, 0) is 38.0 Å². The van der Waals surface area contributed by atoms with Crippen LogP contribution >= 0.6 is 34.7 Å². The van der Waals surface area contributed by atoms with Gasteiger partial charge in [0, 0.05) is 30.7 Å². The van der Waals surface area contributed by atoms with Gasteiger partial charge in [-0.15, -0.1) is 21.5 Å². The summed E-state index contributed by atoms with van der Waals surface area (Å²) in [6, 6.07) is 12.1. The standard InChI is InChI=1S/C24H24ClN5OS2/c1-14-6-8-18(9-7-14)22-27-28-24(29(22)5)33-13-19-12-32-23(26-19)30(17(4)31)21-16(3)10-15(2)11-20(21)25/h6-12H,13H2,1-5H3. The molecule has 2 aromatic carbocycles. The molecule has 0 aliphatic heterocycles. The molecule has 0 spiro atoms. The molecule has 0 fully saturated rings. The van der Waals surface area contributed by atoms with E-state index < -0.39 is 0 Å². The molecule has 0 aliphatic carbocycles. The first kappa shape index (κ1) is 23.5. The van der Waals surface area contributed by atoms with E-state index >= 15 is 0 Å². The first-order valence-corrected chi connectivity index (χ1v) is 12.6. The Hall–Kier alpha value is -2.68. The van der Waals surface area contributed by atoms with E-state index in [1.807, 2.05) is 43.0 Å². The Morgan fingerprint density at radius 1 is 1.12 bits per heavy atom. The SMILES string of the molecule is CC(=O)N(c1nc(CSc2nnc(-c3ccc(C)cc3)n2C)cs1)c1c(C)cc(C)cc1Cl. The number of aryl methyl sites for hydroxylation is 3. The van der Waals surface area contributed by atoms with Gasteiger partial charge in [-0.3, -0.25) is 9.69 Å². The van der Waals surface area contributed by atoms with E-state index in [4.69, 9.17) is 16.6 Å². The van der Waals surface area contributed by atoms with Crippen molar-refractivity contribution < 1.29 is 4.79 Å². The van der Waals surface area contributed by atoms with Gasteiger partial charge in [-0.25, -0.2) is 4.98 Å². The summed E-state index contributed by atoms with van der Waals surface area (Å²) >= 11 is 9.50. The lowest BCUT2D eigenvalue weighted by Crippen LogP contribution is -2.24. The molecular weight excluding hydrogens is 474 g/mol. The molecule has 1 amide bonds. The molecular formula is C24H24ClN5OS2. The Bertz CT molecular complexity index is 1290. The number of nitrogens with zero attached hydrogens (tertiary/aromatic N) is 5. The summed E-state index contributed by atoms with van der Waals surface area (Å²) < 4.78 is 1.99. The van der Waals surface area contributed by atoms with Gasteiger partial charge in [-0.1, -0.05) is 59.3 Å². The molecule has 9 heteroatoms. The summed E-state index contributed by atoms with van der Waals surface area (Å²) in [7, 11) is 1.96. The van der Waals surface area contributed by atoms with Gasteiger partial charge in [0.1, 0.15) is 0 Å². The van der Waals surface area contributed by atoms with E-state index in [0.29, 0.717) is 21.6 Å². The maximum atomic E-state index is 12.5. The lowest BCUT2D eigenvalue weighted by Gasteiger charge is -2.22. The van der Waals surface area contributed by atoms with Crippen LogP contribution in [0.5, 0.6) is 0 Å². The number of hydrogen-bond donors (Lipinski definition) is 0. The summed E-state index contributed by atoms with van der Waals surface area (Å²) in [6.45, 7) is 7.52. The zero-order chi connectivity index (χ0) is 23.7. The number of aromatic nitrogens is 4. The van der Waals surface area contributed by atoms with Crippen LogP contribution < -0.4 is 4.90 Å². The number of halogens is 1. The highest BCUT2D eigenvalue weighted by atomic mass is 35.5. The number of carbonyl (C=O) groups excluding carboxylic acids is 1. The molecule has 6 nitrogen and oxygen atoms in total. The number of hydrogen-bond acceptors (Lipinski definition) is 6. The maximum absolute atomic E-state index is 12.5. The molecule has 0 bridgehead atoms. The minimum absolute atomic E-state index is 0.131. The van der Waals surface area contributed by atoms with E-state index in [0.717, 1.165) is 33.4 Å². The number of amides is 1. The molecule has 0 N–H and O–H groups in total. The number of rotatable bonds is 6. The molecule has 0 saturated carbocycles. The molecule has 0 aliphatic rings. The van der Waals surface area contributed by atoms with Crippen molar-refractivity contribution in [3.63, 3.8) is 0 Å². The van der Waals surface area contributed by atoms with Gasteiger partial charge in [0.15, 0.2) is 16.1 Å². The fourth-order valence-electron chi connectivity index (χ4n) is 3.58. The van der Waals surface area contributed by atoms with Gasteiger partial charge in [0.05, 0.1) is 16.4 Å². The van der Waals surface area contributed by atoms with Crippen LogP contribution in [0, 0.1) is 20.8 Å². The Morgan fingerprint density at radius 2 is 1.85 bits per heavy atom. The third-order valence-corrected chi connectivity index (χ3v) is 7.38. The summed E-state index contributed by atoms with van der Waals surface area (Å²) in [6.07, 6.45) is 0. The highest BCUT2D eigenvalue weighted by Crippen LogP contribution is 2.38. The van der Waals surface area contributed by atoms with Crippen LogP contribution in [0.2, 0.25) is 5.02 Å². The fraction of sp³-hybridized carbons (Fsp3) is 0.250. The molecule has 0 radical (unpaired) electrons. The lowest BCUT2D eigenvalue weighted by atomic mass is 10.1. The van der Waals surface area contributed by atoms with E-state index in [1.165, 1.54) is 23.8 Å². The van der Waals surface area contributed by atoms with E-state index in [2.05, 4.69) is 41.4 Å². The molecule has 2 heterocycles. The first-order valence-electron chi connectivity index (χ1n) is 10.4. The van der Waals surface area contributed by atoms with E-state index in [-0.39, 0.29) is 5.91 Å². The van der Waals surface area contributed by atoms with Crippen molar-refractivity contribution in [3.05, 3.63) is 69.2 Å². The van der Waals surface area contributed by atoms with Crippen LogP contribution in [0.3, 0.4) is 0 Å². The van der Waals surface area contributed by atoms with Gasteiger partial charge in [0.25, 0.3) is 0 Å². The third-order valence-electron chi connectivity index (χ3n) is 5.16. The quantitative estimate of drug-likeness (QED) is 0.285. The monoisotopic (exact) mass is 497 g/mol. The van der Waals surface area contributed by atoms with E-state index in [1.54, 1.807) is 16.7 Å². The van der Waals surface area contributed by atoms with Crippen molar-refractivity contribution in [2.75, 3.05) is 4.90 Å². The molecule has 4 rings (SSSR count). The Morgan fingerprint density at radius 3 is 2.52 bits per heavy atom. The molecule has 0 atom stereocenters. The normalized spacial score (nSPS) is 11.1. The fourth-order valence-corrected chi connectivity index (χ4v) is 5.76. The van der Waals surface area contributed by atoms with Crippen LogP contribution in [0.4, 0.5) is 10.8 Å².